The molecule has 0 aliphatic heterocycles. The lowest BCUT2D eigenvalue weighted by Crippen LogP contribution is -2.14. The van der Waals surface area contributed by atoms with Gasteiger partial charge in [0.25, 0.3) is 11.8 Å². The molecule has 36 heavy (non-hydrogen) atoms. The SMILES string of the molecule is COc1cc(CCNc2ncnc3c(F)ccc(F)c23)ccc1Oc1nc(C(F)(F)F)nc(F)c1F. The van der Waals surface area contributed by atoms with Crippen LogP contribution in [0.2, 0.25) is 0 Å². The van der Waals surface area contributed by atoms with Gasteiger partial charge in [-0.3, -0.25) is 0 Å². The van der Waals surface area contributed by atoms with E-state index < -0.39 is 41.3 Å². The Hall–Kier alpha value is -4.23. The highest BCUT2D eigenvalue weighted by molar-refractivity contribution is 5.89. The minimum atomic E-state index is -5.13. The number of halogens is 7. The topological polar surface area (TPSA) is 82.0 Å². The first-order valence-corrected chi connectivity index (χ1v) is 10.1. The summed E-state index contributed by atoms with van der Waals surface area (Å²) in [4.78, 5) is 13.0. The van der Waals surface area contributed by atoms with Gasteiger partial charge in [0.1, 0.15) is 29.3 Å². The molecule has 0 amide bonds. The highest BCUT2D eigenvalue weighted by Crippen LogP contribution is 2.35. The number of fused-ring (bicyclic) bond motifs is 1. The van der Waals surface area contributed by atoms with Crippen molar-refractivity contribution in [3.8, 4) is 17.4 Å². The highest BCUT2D eigenvalue weighted by atomic mass is 19.4. The third-order valence-corrected chi connectivity index (χ3v) is 4.86. The normalized spacial score (nSPS) is 11.6. The molecule has 0 aliphatic rings. The molecule has 4 rings (SSSR count). The van der Waals surface area contributed by atoms with Crippen molar-refractivity contribution in [3.05, 3.63) is 71.4 Å². The van der Waals surface area contributed by atoms with Gasteiger partial charge in [0.15, 0.2) is 11.5 Å². The number of aromatic nitrogens is 4. The number of rotatable bonds is 7. The van der Waals surface area contributed by atoms with E-state index in [1.807, 2.05) is 0 Å². The van der Waals surface area contributed by atoms with Gasteiger partial charge in [0, 0.05) is 6.54 Å². The number of hydrogen-bond donors (Lipinski definition) is 1. The molecule has 2 aromatic carbocycles. The molecule has 2 heterocycles. The minimum Gasteiger partial charge on any atom is -0.493 e. The molecule has 0 aliphatic carbocycles. The Balaban J connectivity index is 1.52. The van der Waals surface area contributed by atoms with Crippen LogP contribution in [0.15, 0.2) is 36.7 Å². The summed E-state index contributed by atoms with van der Waals surface area (Å²) >= 11 is 0. The predicted molar refractivity (Wildman–Crippen MR) is 112 cm³/mol. The molecule has 0 atom stereocenters. The molecular formula is C22H14F7N5O2. The summed E-state index contributed by atoms with van der Waals surface area (Å²) in [5, 5.41) is 2.77. The zero-order chi connectivity index (χ0) is 26.0. The van der Waals surface area contributed by atoms with E-state index in [4.69, 9.17) is 9.47 Å². The van der Waals surface area contributed by atoms with Crippen molar-refractivity contribution < 1.29 is 40.2 Å². The highest BCUT2D eigenvalue weighted by Gasteiger charge is 2.37. The molecule has 4 aromatic rings. The van der Waals surface area contributed by atoms with Gasteiger partial charge < -0.3 is 14.8 Å². The number of hydrogen-bond acceptors (Lipinski definition) is 7. The van der Waals surface area contributed by atoms with Gasteiger partial charge in [-0.25, -0.2) is 18.7 Å². The minimum absolute atomic E-state index is 0.0138. The number of ether oxygens (including phenoxy) is 2. The maximum absolute atomic E-state index is 14.2. The Bertz CT molecular complexity index is 1430. The van der Waals surface area contributed by atoms with Crippen LogP contribution in [0.5, 0.6) is 17.4 Å². The van der Waals surface area contributed by atoms with Crippen LogP contribution in [-0.2, 0) is 12.6 Å². The van der Waals surface area contributed by atoms with Crippen molar-refractivity contribution in [1.82, 2.24) is 19.9 Å². The fourth-order valence-electron chi connectivity index (χ4n) is 3.21. The summed E-state index contributed by atoms with van der Waals surface area (Å²) in [6, 6.07) is 6.10. The molecule has 0 saturated heterocycles. The summed E-state index contributed by atoms with van der Waals surface area (Å²) in [5.41, 5.74) is 0.430. The molecule has 0 radical (unpaired) electrons. The van der Waals surface area contributed by atoms with Gasteiger partial charge in [-0.2, -0.15) is 31.9 Å². The largest absolute Gasteiger partial charge is 0.493 e. The average molecular weight is 513 g/mol. The Kier molecular flexibility index (Phi) is 6.77. The Morgan fingerprint density at radius 3 is 2.39 bits per heavy atom. The molecule has 0 saturated carbocycles. The maximum Gasteiger partial charge on any atom is 0.451 e. The van der Waals surface area contributed by atoms with E-state index in [1.165, 1.54) is 25.3 Å². The molecule has 188 valence electrons. The summed E-state index contributed by atoms with van der Waals surface area (Å²) in [6.45, 7) is 0.201. The van der Waals surface area contributed by atoms with E-state index in [1.54, 1.807) is 0 Å². The molecule has 7 nitrogen and oxygen atoms in total. The first-order valence-electron chi connectivity index (χ1n) is 10.1. The van der Waals surface area contributed by atoms with Crippen LogP contribution in [0.3, 0.4) is 0 Å². The molecule has 0 bridgehead atoms. The fraction of sp³-hybridized carbons (Fsp3) is 0.182. The molecule has 14 heteroatoms. The molecule has 0 spiro atoms. The molecular weight excluding hydrogens is 499 g/mol. The van der Waals surface area contributed by atoms with E-state index in [2.05, 4.69) is 25.3 Å². The van der Waals surface area contributed by atoms with E-state index in [0.29, 0.717) is 12.0 Å². The van der Waals surface area contributed by atoms with Gasteiger partial charge in [-0.1, -0.05) is 6.07 Å². The summed E-state index contributed by atoms with van der Waals surface area (Å²) in [7, 11) is 1.23. The molecule has 0 fully saturated rings. The monoisotopic (exact) mass is 513 g/mol. The summed E-state index contributed by atoms with van der Waals surface area (Å²) in [5.74, 6) is -8.61. The van der Waals surface area contributed by atoms with Crippen molar-refractivity contribution in [2.75, 3.05) is 19.0 Å². The quantitative estimate of drug-likeness (QED) is 0.260. The van der Waals surface area contributed by atoms with Gasteiger partial charge in [0.05, 0.1) is 12.5 Å². The van der Waals surface area contributed by atoms with E-state index >= 15 is 0 Å². The van der Waals surface area contributed by atoms with Crippen LogP contribution in [0.25, 0.3) is 10.9 Å². The number of methoxy groups -OCH3 is 1. The van der Waals surface area contributed by atoms with Crippen LogP contribution in [0.4, 0.5) is 36.6 Å². The van der Waals surface area contributed by atoms with Crippen LogP contribution in [0.1, 0.15) is 11.4 Å². The predicted octanol–water partition coefficient (Wildman–Crippen LogP) is 5.45. The van der Waals surface area contributed by atoms with Gasteiger partial charge in [-0.05, 0) is 36.2 Å². The van der Waals surface area contributed by atoms with E-state index in [0.717, 1.165) is 18.5 Å². The van der Waals surface area contributed by atoms with Crippen molar-refractivity contribution in [1.29, 1.82) is 0 Å². The molecule has 0 unspecified atom stereocenters. The van der Waals surface area contributed by atoms with Crippen molar-refractivity contribution in [3.63, 3.8) is 0 Å². The smallest absolute Gasteiger partial charge is 0.451 e. The zero-order valence-corrected chi connectivity index (χ0v) is 18.1. The first kappa shape index (κ1) is 24.9. The summed E-state index contributed by atoms with van der Waals surface area (Å²) in [6.07, 6.45) is -3.74. The summed E-state index contributed by atoms with van der Waals surface area (Å²) < 4.78 is 104. The van der Waals surface area contributed by atoms with Gasteiger partial charge in [0.2, 0.25) is 11.6 Å². The average Bonchev–Trinajstić information content (AvgIpc) is 2.84. The van der Waals surface area contributed by atoms with Gasteiger partial charge >= 0.3 is 6.18 Å². The molecule has 1 N–H and O–H groups in total. The standard InChI is InChI=1S/C22H14F7N5O2/c1-35-14-8-10(6-7-30-19-15-11(23)3-4-12(24)17(15)31-9-32-19)2-5-13(14)36-20-16(25)18(26)33-21(34-20)22(27,28)29/h2-5,8-9H,6-7H2,1H3,(H,30,31,32). The lowest BCUT2D eigenvalue weighted by molar-refractivity contribution is -0.145. The number of anilines is 1. The van der Waals surface area contributed by atoms with Crippen LogP contribution >= 0.6 is 0 Å². The maximum atomic E-state index is 14.2. The third kappa shape index (κ3) is 5.06. The van der Waals surface area contributed by atoms with Gasteiger partial charge in [-0.15, -0.1) is 0 Å². The second kappa shape index (κ2) is 9.79. The number of alkyl halides is 3. The second-order valence-corrected chi connectivity index (χ2v) is 7.19. The molecule has 2 aromatic heterocycles. The van der Waals surface area contributed by atoms with E-state index in [-0.39, 0.29) is 34.8 Å². The Morgan fingerprint density at radius 1 is 0.917 bits per heavy atom. The van der Waals surface area contributed by atoms with E-state index in [9.17, 15) is 30.7 Å². The van der Waals surface area contributed by atoms with Crippen LogP contribution in [0, 0.1) is 23.4 Å². The van der Waals surface area contributed by atoms with Crippen molar-refractivity contribution >= 4 is 16.7 Å². The second-order valence-electron chi connectivity index (χ2n) is 7.19. The number of benzene rings is 2. The number of nitrogens with one attached hydrogen (secondary N) is 1. The van der Waals surface area contributed by atoms with Crippen molar-refractivity contribution in [2.24, 2.45) is 0 Å². The van der Waals surface area contributed by atoms with Crippen LogP contribution < -0.4 is 14.8 Å². The first-order chi connectivity index (χ1) is 17.1. The Morgan fingerprint density at radius 2 is 1.67 bits per heavy atom. The lowest BCUT2D eigenvalue weighted by Gasteiger charge is -2.14. The fourth-order valence-corrected chi connectivity index (χ4v) is 3.21. The zero-order valence-electron chi connectivity index (χ0n) is 18.1. The van der Waals surface area contributed by atoms with Crippen LogP contribution in [-0.4, -0.2) is 33.6 Å². The van der Waals surface area contributed by atoms with Crippen molar-refractivity contribution in [2.45, 2.75) is 12.6 Å². The Labute approximate surface area is 198 Å². The number of nitrogens with zero attached hydrogens (tertiary/aromatic N) is 4. The third-order valence-electron chi connectivity index (χ3n) is 4.86. The lowest BCUT2D eigenvalue weighted by atomic mass is 10.1.